The zero-order valence-corrected chi connectivity index (χ0v) is 12.4. The Bertz CT molecular complexity index is 527. The quantitative estimate of drug-likeness (QED) is 0.894. The molecule has 1 fully saturated rings. The van der Waals surface area contributed by atoms with E-state index >= 15 is 0 Å². The lowest BCUT2D eigenvalue weighted by atomic mass is 9.95. The molecule has 2 rings (SSSR count). The first-order valence-corrected chi connectivity index (χ1v) is 7.13. The van der Waals surface area contributed by atoms with E-state index in [1.807, 2.05) is 6.92 Å². The average Bonchev–Trinajstić information content (AvgIpc) is 2.76. The Morgan fingerprint density at radius 3 is 2.30 bits per heavy atom. The van der Waals surface area contributed by atoms with Crippen LogP contribution in [0.4, 0.5) is 5.69 Å². The highest BCUT2D eigenvalue weighted by atomic mass is 35.5. The van der Waals surface area contributed by atoms with E-state index in [0.717, 1.165) is 0 Å². The first kappa shape index (κ1) is 15.1. The van der Waals surface area contributed by atoms with Crippen LogP contribution in [0.25, 0.3) is 0 Å². The van der Waals surface area contributed by atoms with Crippen LogP contribution in [-0.4, -0.2) is 17.0 Å². The Balaban J connectivity index is 2.18. The number of para-hydroxylation sites is 1. The monoisotopic (exact) mass is 315 g/mol. The fourth-order valence-electron chi connectivity index (χ4n) is 2.69. The van der Waals surface area contributed by atoms with Crippen molar-refractivity contribution in [3.63, 3.8) is 0 Å². The number of halogens is 2. The number of aliphatic carboxylic acids is 1. The summed E-state index contributed by atoms with van der Waals surface area (Å²) in [5.41, 5.74) is 0.338. The van der Waals surface area contributed by atoms with Gasteiger partial charge in [0, 0.05) is 0 Å². The molecule has 1 saturated carbocycles. The van der Waals surface area contributed by atoms with E-state index in [9.17, 15) is 14.7 Å². The van der Waals surface area contributed by atoms with Crippen molar-refractivity contribution in [3.8, 4) is 0 Å². The number of carbonyl (C=O) groups excluding carboxylic acids is 1. The molecule has 0 spiro atoms. The molecule has 108 valence electrons. The van der Waals surface area contributed by atoms with Gasteiger partial charge in [-0.15, -0.1) is 0 Å². The van der Waals surface area contributed by atoms with Gasteiger partial charge in [0.2, 0.25) is 5.91 Å². The summed E-state index contributed by atoms with van der Waals surface area (Å²) in [4.78, 5) is 23.5. The summed E-state index contributed by atoms with van der Waals surface area (Å²) in [5, 5.41) is 12.5. The van der Waals surface area contributed by atoms with Gasteiger partial charge >= 0.3 is 5.97 Å². The van der Waals surface area contributed by atoms with E-state index in [-0.39, 0.29) is 11.8 Å². The zero-order valence-electron chi connectivity index (χ0n) is 10.9. The minimum Gasteiger partial charge on any atom is -0.481 e. The molecule has 4 nitrogen and oxygen atoms in total. The normalized spacial score (nSPS) is 25.4. The Hall–Kier alpha value is -1.26. The van der Waals surface area contributed by atoms with Crippen molar-refractivity contribution < 1.29 is 14.7 Å². The molecule has 0 bridgehead atoms. The Kier molecular flexibility index (Phi) is 4.55. The number of nitrogens with one attached hydrogen (secondary N) is 1. The number of hydrogen-bond acceptors (Lipinski definition) is 2. The first-order chi connectivity index (χ1) is 9.40. The lowest BCUT2D eigenvalue weighted by Crippen LogP contribution is -2.30. The van der Waals surface area contributed by atoms with Gasteiger partial charge in [0.25, 0.3) is 0 Å². The Morgan fingerprint density at radius 1 is 1.20 bits per heavy atom. The Morgan fingerprint density at radius 2 is 1.75 bits per heavy atom. The molecule has 1 aliphatic carbocycles. The third kappa shape index (κ3) is 3.07. The molecule has 1 unspecified atom stereocenters. The molecule has 1 amide bonds. The van der Waals surface area contributed by atoms with Crippen LogP contribution >= 0.6 is 23.2 Å². The number of rotatable bonds is 3. The maximum absolute atomic E-state index is 12.3. The second-order valence-corrected chi connectivity index (χ2v) is 6.03. The van der Waals surface area contributed by atoms with Gasteiger partial charge < -0.3 is 10.4 Å². The van der Waals surface area contributed by atoms with Crippen molar-refractivity contribution in [3.05, 3.63) is 28.2 Å². The van der Waals surface area contributed by atoms with Crippen LogP contribution < -0.4 is 5.32 Å². The number of anilines is 1. The summed E-state index contributed by atoms with van der Waals surface area (Å²) in [6, 6.07) is 4.92. The highest BCUT2D eigenvalue weighted by Gasteiger charge is 2.41. The standard InChI is InChI=1S/C14H15Cl2NO3/c1-7-5-8(9(6-7)14(19)20)13(18)17-12-10(15)3-2-4-11(12)16/h2-4,7-9H,5-6H2,1H3,(H,17,18)(H,19,20)/t7?,8-,9+/m0/s1. The van der Waals surface area contributed by atoms with Crippen molar-refractivity contribution in [1.29, 1.82) is 0 Å². The van der Waals surface area contributed by atoms with Crippen LogP contribution in [0.3, 0.4) is 0 Å². The zero-order chi connectivity index (χ0) is 14.9. The van der Waals surface area contributed by atoms with Gasteiger partial charge in [-0.25, -0.2) is 0 Å². The van der Waals surface area contributed by atoms with Gasteiger partial charge in [-0.05, 0) is 30.9 Å². The molecular weight excluding hydrogens is 301 g/mol. The van der Waals surface area contributed by atoms with Crippen LogP contribution in [0, 0.1) is 17.8 Å². The molecule has 1 aliphatic rings. The molecule has 2 N–H and O–H groups in total. The van der Waals surface area contributed by atoms with Crippen molar-refractivity contribution in [2.24, 2.45) is 17.8 Å². The van der Waals surface area contributed by atoms with E-state index in [1.54, 1.807) is 18.2 Å². The number of carbonyl (C=O) groups is 2. The molecule has 1 aromatic carbocycles. The number of carboxylic acids is 1. The van der Waals surface area contributed by atoms with Gasteiger partial charge in [-0.1, -0.05) is 36.2 Å². The van der Waals surface area contributed by atoms with Crippen molar-refractivity contribution in [2.75, 3.05) is 5.32 Å². The molecule has 0 heterocycles. The molecule has 0 aromatic heterocycles. The lowest BCUT2D eigenvalue weighted by molar-refractivity contribution is -0.145. The number of benzene rings is 1. The van der Waals surface area contributed by atoms with E-state index in [0.29, 0.717) is 28.6 Å². The molecular formula is C14H15Cl2NO3. The van der Waals surface area contributed by atoms with Crippen LogP contribution in [0.2, 0.25) is 10.0 Å². The third-order valence-electron chi connectivity index (χ3n) is 3.66. The summed E-state index contributed by atoms with van der Waals surface area (Å²) in [5.74, 6) is -2.24. The van der Waals surface area contributed by atoms with Gasteiger partial charge in [-0.2, -0.15) is 0 Å². The number of hydrogen-bond donors (Lipinski definition) is 2. The predicted molar refractivity (Wildman–Crippen MR) is 78.1 cm³/mol. The van der Waals surface area contributed by atoms with Crippen molar-refractivity contribution in [2.45, 2.75) is 19.8 Å². The topological polar surface area (TPSA) is 66.4 Å². The summed E-state index contributed by atoms with van der Waals surface area (Å²) in [6.45, 7) is 1.95. The summed E-state index contributed by atoms with van der Waals surface area (Å²) in [6.07, 6.45) is 1.08. The highest BCUT2D eigenvalue weighted by Crippen LogP contribution is 2.38. The van der Waals surface area contributed by atoms with Crippen LogP contribution in [-0.2, 0) is 9.59 Å². The van der Waals surface area contributed by atoms with Crippen LogP contribution in [0.5, 0.6) is 0 Å². The molecule has 3 atom stereocenters. The van der Waals surface area contributed by atoms with Gasteiger partial charge in [-0.3, -0.25) is 9.59 Å². The lowest BCUT2D eigenvalue weighted by Gasteiger charge is -2.16. The molecule has 1 aromatic rings. The largest absolute Gasteiger partial charge is 0.481 e. The average molecular weight is 316 g/mol. The second kappa shape index (κ2) is 6.02. The fourth-order valence-corrected chi connectivity index (χ4v) is 3.18. The predicted octanol–water partition coefficient (Wildman–Crippen LogP) is 3.68. The van der Waals surface area contributed by atoms with Crippen molar-refractivity contribution in [1.82, 2.24) is 0 Å². The molecule has 0 radical (unpaired) electrons. The SMILES string of the molecule is CC1C[C@H](C(=O)Nc2c(Cl)cccc2Cl)[C@H](C(=O)O)C1. The highest BCUT2D eigenvalue weighted by molar-refractivity contribution is 6.39. The minimum atomic E-state index is -0.931. The smallest absolute Gasteiger partial charge is 0.307 e. The first-order valence-electron chi connectivity index (χ1n) is 6.37. The molecule has 0 saturated heterocycles. The van der Waals surface area contributed by atoms with Gasteiger partial charge in [0.1, 0.15) is 0 Å². The maximum atomic E-state index is 12.3. The van der Waals surface area contributed by atoms with Gasteiger partial charge in [0.05, 0.1) is 27.6 Å². The maximum Gasteiger partial charge on any atom is 0.307 e. The van der Waals surface area contributed by atoms with Crippen molar-refractivity contribution >= 4 is 40.8 Å². The molecule has 20 heavy (non-hydrogen) atoms. The molecule has 0 aliphatic heterocycles. The van der Waals surface area contributed by atoms with Crippen LogP contribution in [0.15, 0.2) is 18.2 Å². The minimum absolute atomic E-state index is 0.216. The summed E-state index contributed by atoms with van der Waals surface area (Å²) >= 11 is 12.0. The summed E-state index contributed by atoms with van der Waals surface area (Å²) < 4.78 is 0. The second-order valence-electron chi connectivity index (χ2n) is 5.21. The third-order valence-corrected chi connectivity index (χ3v) is 4.29. The van der Waals surface area contributed by atoms with E-state index in [1.165, 1.54) is 0 Å². The van der Waals surface area contributed by atoms with Gasteiger partial charge in [0.15, 0.2) is 0 Å². The summed E-state index contributed by atoms with van der Waals surface area (Å²) in [7, 11) is 0. The number of carboxylic acid groups (broad SMARTS) is 1. The van der Waals surface area contributed by atoms with E-state index in [2.05, 4.69) is 5.32 Å². The van der Waals surface area contributed by atoms with E-state index < -0.39 is 17.8 Å². The van der Waals surface area contributed by atoms with Crippen LogP contribution in [0.1, 0.15) is 19.8 Å². The molecule has 6 heteroatoms. The number of amides is 1. The Labute approximate surface area is 127 Å². The fraction of sp³-hybridized carbons (Fsp3) is 0.429. The van der Waals surface area contributed by atoms with E-state index in [4.69, 9.17) is 23.2 Å².